The van der Waals surface area contributed by atoms with Crippen LogP contribution in [0.25, 0.3) is 0 Å². The third-order valence-corrected chi connectivity index (χ3v) is 2.76. The molecule has 0 amide bonds. The summed E-state index contributed by atoms with van der Waals surface area (Å²) in [5.74, 6) is -0.389. The first kappa shape index (κ1) is 13.9. The number of nitrogens with zero attached hydrogens (tertiary/aromatic N) is 1. The van der Waals surface area contributed by atoms with Gasteiger partial charge in [0.15, 0.2) is 0 Å². The fourth-order valence-corrected chi connectivity index (χ4v) is 1.93. The number of halogens is 1. The Bertz CT molecular complexity index is 355. The Morgan fingerprint density at radius 2 is 2.12 bits per heavy atom. The molecule has 2 N–H and O–H groups in total. The van der Waals surface area contributed by atoms with Gasteiger partial charge in [-0.25, -0.2) is 4.39 Å². The van der Waals surface area contributed by atoms with Crippen molar-refractivity contribution in [2.24, 2.45) is 0 Å². The standard InChI is InChI=1S/C13H20FNO2/c1-3-15(8-5-9-16)12-7-4-6-11(14)13(12)10(2)17/h4,6-7,10,16-17H,3,5,8-9H2,1-2H3. The lowest BCUT2D eigenvalue weighted by Crippen LogP contribution is -2.26. The van der Waals surface area contributed by atoms with E-state index in [1.54, 1.807) is 19.1 Å². The minimum atomic E-state index is -0.839. The van der Waals surface area contributed by atoms with Crippen LogP contribution in [0.2, 0.25) is 0 Å². The van der Waals surface area contributed by atoms with Crippen LogP contribution in [0.1, 0.15) is 31.9 Å². The zero-order chi connectivity index (χ0) is 12.8. The molecule has 0 fully saturated rings. The van der Waals surface area contributed by atoms with Crippen LogP contribution < -0.4 is 4.90 Å². The van der Waals surface area contributed by atoms with Crippen LogP contribution in [0.3, 0.4) is 0 Å². The average Bonchev–Trinajstić information content (AvgIpc) is 2.29. The van der Waals surface area contributed by atoms with E-state index in [4.69, 9.17) is 5.11 Å². The number of aliphatic hydroxyl groups excluding tert-OH is 2. The highest BCUT2D eigenvalue weighted by atomic mass is 19.1. The van der Waals surface area contributed by atoms with Gasteiger partial charge in [0.25, 0.3) is 0 Å². The van der Waals surface area contributed by atoms with Gasteiger partial charge < -0.3 is 15.1 Å². The molecule has 1 rings (SSSR count). The van der Waals surface area contributed by atoms with E-state index < -0.39 is 6.10 Å². The maximum atomic E-state index is 13.7. The van der Waals surface area contributed by atoms with E-state index in [1.165, 1.54) is 6.07 Å². The van der Waals surface area contributed by atoms with Crippen LogP contribution in [-0.2, 0) is 0 Å². The molecule has 0 aliphatic rings. The Hall–Kier alpha value is -1.13. The number of hydrogen-bond acceptors (Lipinski definition) is 3. The lowest BCUT2D eigenvalue weighted by atomic mass is 10.1. The molecular weight excluding hydrogens is 221 g/mol. The molecule has 96 valence electrons. The highest BCUT2D eigenvalue weighted by Crippen LogP contribution is 2.28. The van der Waals surface area contributed by atoms with E-state index in [-0.39, 0.29) is 12.4 Å². The summed E-state index contributed by atoms with van der Waals surface area (Å²) in [6, 6.07) is 4.79. The summed E-state index contributed by atoms with van der Waals surface area (Å²) in [6.07, 6.45) is -0.210. The van der Waals surface area contributed by atoms with Gasteiger partial charge in [0.1, 0.15) is 5.82 Å². The van der Waals surface area contributed by atoms with Crippen molar-refractivity contribution in [3.8, 4) is 0 Å². The summed E-state index contributed by atoms with van der Waals surface area (Å²) in [7, 11) is 0. The number of hydrogen-bond donors (Lipinski definition) is 2. The quantitative estimate of drug-likeness (QED) is 0.801. The second-order valence-corrected chi connectivity index (χ2v) is 4.01. The van der Waals surface area contributed by atoms with Crippen molar-refractivity contribution < 1.29 is 14.6 Å². The first-order chi connectivity index (χ1) is 8.11. The lowest BCUT2D eigenvalue weighted by Gasteiger charge is -2.26. The van der Waals surface area contributed by atoms with Crippen LogP contribution in [0.4, 0.5) is 10.1 Å². The Morgan fingerprint density at radius 3 is 2.65 bits per heavy atom. The van der Waals surface area contributed by atoms with Gasteiger partial charge in [0, 0.05) is 30.9 Å². The Labute approximate surface area is 101 Å². The molecule has 1 aromatic rings. The van der Waals surface area contributed by atoms with Crippen LogP contribution >= 0.6 is 0 Å². The fraction of sp³-hybridized carbons (Fsp3) is 0.538. The van der Waals surface area contributed by atoms with Crippen LogP contribution in [0.15, 0.2) is 18.2 Å². The van der Waals surface area contributed by atoms with E-state index in [2.05, 4.69) is 0 Å². The highest BCUT2D eigenvalue weighted by Gasteiger charge is 2.17. The topological polar surface area (TPSA) is 43.7 Å². The molecule has 0 aromatic heterocycles. The molecule has 1 atom stereocenters. The van der Waals surface area contributed by atoms with Crippen molar-refractivity contribution in [3.05, 3.63) is 29.6 Å². The van der Waals surface area contributed by atoms with Crippen molar-refractivity contribution in [1.82, 2.24) is 0 Å². The number of anilines is 1. The van der Waals surface area contributed by atoms with E-state index in [0.717, 1.165) is 0 Å². The summed E-state index contributed by atoms with van der Waals surface area (Å²) >= 11 is 0. The second-order valence-electron chi connectivity index (χ2n) is 4.01. The van der Waals surface area contributed by atoms with E-state index in [9.17, 15) is 9.50 Å². The van der Waals surface area contributed by atoms with E-state index >= 15 is 0 Å². The van der Waals surface area contributed by atoms with Crippen LogP contribution in [0.5, 0.6) is 0 Å². The second kappa shape index (κ2) is 6.57. The maximum absolute atomic E-state index is 13.7. The predicted octanol–water partition coefficient (Wildman–Crippen LogP) is 2.09. The van der Waals surface area contributed by atoms with E-state index in [0.29, 0.717) is 30.8 Å². The molecular formula is C13H20FNO2. The fourth-order valence-electron chi connectivity index (χ4n) is 1.93. The van der Waals surface area contributed by atoms with Crippen LogP contribution in [-0.4, -0.2) is 29.9 Å². The Balaban J connectivity index is 3.05. The first-order valence-corrected chi connectivity index (χ1v) is 5.94. The molecule has 17 heavy (non-hydrogen) atoms. The molecule has 0 bridgehead atoms. The zero-order valence-electron chi connectivity index (χ0n) is 10.4. The van der Waals surface area contributed by atoms with Gasteiger partial charge in [0.2, 0.25) is 0 Å². The normalized spacial score (nSPS) is 12.5. The van der Waals surface area contributed by atoms with Crippen molar-refractivity contribution in [1.29, 1.82) is 0 Å². The van der Waals surface area contributed by atoms with Crippen molar-refractivity contribution in [3.63, 3.8) is 0 Å². The third kappa shape index (κ3) is 3.41. The third-order valence-electron chi connectivity index (χ3n) is 2.76. The molecule has 0 aliphatic heterocycles. The zero-order valence-corrected chi connectivity index (χ0v) is 10.4. The molecule has 0 radical (unpaired) electrons. The summed E-state index contributed by atoms with van der Waals surface area (Å²) in [6.45, 7) is 4.99. The average molecular weight is 241 g/mol. The molecule has 4 heteroatoms. The van der Waals surface area contributed by atoms with Gasteiger partial charge in [-0.05, 0) is 32.4 Å². The SMILES string of the molecule is CCN(CCCO)c1cccc(F)c1C(C)O. The Kier molecular flexibility index (Phi) is 5.38. The van der Waals surface area contributed by atoms with Gasteiger partial charge in [-0.15, -0.1) is 0 Å². The number of aliphatic hydroxyl groups is 2. The number of benzene rings is 1. The molecule has 0 aliphatic carbocycles. The molecule has 0 heterocycles. The highest BCUT2D eigenvalue weighted by molar-refractivity contribution is 5.55. The summed E-state index contributed by atoms with van der Waals surface area (Å²) < 4.78 is 13.7. The van der Waals surface area contributed by atoms with E-state index in [1.807, 2.05) is 11.8 Å². The summed E-state index contributed by atoms with van der Waals surface area (Å²) in [5, 5.41) is 18.5. The lowest BCUT2D eigenvalue weighted by molar-refractivity contribution is 0.194. The largest absolute Gasteiger partial charge is 0.396 e. The van der Waals surface area contributed by atoms with Gasteiger partial charge in [0.05, 0.1) is 6.10 Å². The molecule has 0 saturated heterocycles. The van der Waals surface area contributed by atoms with Gasteiger partial charge >= 0.3 is 0 Å². The Morgan fingerprint density at radius 1 is 1.41 bits per heavy atom. The minimum absolute atomic E-state index is 0.107. The van der Waals surface area contributed by atoms with Crippen molar-refractivity contribution in [2.75, 3.05) is 24.6 Å². The van der Waals surface area contributed by atoms with Crippen molar-refractivity contribution in [2.45, 2.75) is 26.4 Å². The van der Waals surface area contributed by atoms with Gasteiger partial charge in [-0.1, -0.05) is 6.07 Å². The minimum Gasteiger partial charge on any atom is -0.396 e. The molecule has 3 nitrogen and oxygen atoms in total. The summed E-state index contributed by atoms with van der Waals surface area (Å²) in [4.78, 5) is 1.96. The van der Waals surface area contributed by atoms with Gasteiger partial charge in [-0.2, -0.15) is 0 Å². The predicted molar refractivity (Wildman–Crippen MR) is 66.6 cm³/mol. The maximum Gasteiger partial charge on any atom is 0.131 e. The van der Waals surface area contributed by atoms with Crippen LogP contribution in [0, 0.1) is 5.82 Å². The van der Waals surface area contributed by atoms with Crippen molar-refractivity contribution >= 4 is 5.69 Å². The molecule has 0 spiro atoms. The first-order valence-electron chi connectivity index (χ1n) is 5.94. The molecule has 1 unspecified atom stereocenters. The smallest absolute Gasteiger partial charge is 0.131 e. The van der Waals surface area contributed by atoms with Gasteiger partial charge in [-0.3, -0.25) is 0 Å². The number of rotatable bonds is 6. The summed E-state index contributed by atoms with van der Waals surface area (Å²) in [5.41, 5.74) is 1.03. The molecule has 1 aromatic carbocycles. The monoisotopic (exact) mass is 241 g/mol. The molecule has 0 saturated carbocycles.